The number of rotatable bonds is 14. The molecule has 0 aliphatic heterocycles. The molecule has 0 aliphatic carbocycles. The summed E-state index contributed by atoms with van der Waals surface area (Å²) < 4.78 is 184. The Labute approximate surface area is 530 Å². The first-order valence-electron chi connectivity index (χ1n) is 26.8. The number of hydrogen-bond acceptors (Lipinski definition) is 7. The maximum absolute atomic E-state index is 13.9. The van der Waals surface area contributed by atoms with Crippen LogP contribution in [0.3, 0.4) is 0 Å². The second-order valence-corrected chi connectivity index (χ2v) is 24.7. The largest absolute Gasteiger partial charge is 0.435 e. The van der Waals surface area contributed by atoms with Gasteiger partial charge in [-0.15, -0.1) is 0 Å². The summed E-state index contributed by atoms with van der Waals surface area (Å²) in [4.78, 5) is 0. The van der Waals surface area contributed by atoms with Crippen molar-refractivity contribution in [2.24, 2.45) is 5.14 Å². The van der Waals surface area contributed by atoms with Crippen molar-refractivity contribution in [2.75, 3.05) is 14.2 Å². The number of anilines is 3. The number of aromatic nitrogens is 6. The third-order valence-electron chi connectivity index (χ3n) is 13.9. The van der Waals surface area contributed by atoms with Crippen LogP contribution in [0, 0.1) is 0 Å². The van der Waals surface area contributed by atoms with Crippen molar-refractivity contribution in [3.8, 4) is 73.1 Å². The summed E-state index contributed by atoms with van der Waals surface area (Å²) in [6, 6.07) is 61.8. The lowest BCUT2D eigenvalue weighted by atomic mass is 10.0. The molecule has 14 nitrogen and oxygen atoms in total. The van der Waals surface area contributed by atoms with Crippen molar-refractivity contribution in [2.45, 2.75) is 18.5 Å². The normalized spacial score (nSPS) is 12.1. The van der Waals surface area contributed by atoms with Gasteiger partial charge in [0, 0.05) is 31.3 Å². The van der Waals surface area contributed by atoms with Gasteiger partial charge in [0.1, 0.15) is 0 Å². The highest BCUT2D eigenvalue weighted by Gasteiger charge is 2.38. The van der Waals surface area contributed by atoms with Gasteiger partial charge in [0.15, 0.2) is 17.1 Å². The van der Waals surface area contributed by atoms with Crippen LogP contribution < -0.4 is 19.3 Å². The van der Waals surface area contributed by atoms with E-state index in [4.69, 9.17) is 5.14 Å². The molecule has 0 atom stereocenters. The molecular formula is C64H43Br2F9N10O4S2. The van der Waals surface area contributed by atoms with Crippen LogP contribution in [-0.4, -0.2) is 46.2 Å². The minimum Gasteiger partial charge on any atom is -0.271 e. The molecule has 0 spiro atoms. The van der Waals surface area contributed by atoms with E-state index in [0.717, 1.165) is 69.5 Å². The van der Waals surface area contributed by atoms with Gasteiger partial charge in [0.2, 0.25) is 0 Å². The lowest BCUT2D eigenvalue weighted by molar-refractivity contribution is -0.142. The van der Waals surface area contributed by atoms with E-state index < -0.39 is 56.0 Å². The average molecular weight is 1410 g/mol. The summed E-state index contributed by atoms with van der Waals surface area (Å²) in [5.41, 5.74) is 3.57. The number of fused-ring (bicyclic) bond motifs is 1. The molecule has 0 bridgehead atoms. The number of nitrogens with two attached hydrogens (primary N) is 1. The second kappa shape index (κ2) is 25.0. The van der Waals surface area contributed by atoms with E-state index in [1.807, 2.05) is 78.9 Å². The van der Waals surface area contributed by atoms with E-state index in [1.165, 1.54) is 77.5 Å². The first kappa shape index (κ1) is 63.0. The van der Waals surface area contributed by atoms with Crippen molar-refractivity contribution >= 4 is 80.1 Å². The van der Waals surface area contributed by atoms with Crippen LogP contribution in [0.25, 0.3) is 83.9 Å². The van der Waals surface area contributed by atoms with Crippen LogP contribution >= 0.6 is 31.9 Å². The summed E-state index contributed by atoms with van der Waals surface area (Å²) in [5, 5.41) is 18.2. The maximum Gasteiger partial charge on any atom is 0.435 e. The predicted molar refractivity (Wildman–Crippen MR) is 339 cm³/mol. The Balaban J connectivity index is 0.000000236. The Morgan fingerprint density at radius 3 is 0.956 bits per heavy atom. The van der Waals surface area contributed by atoms with Crippen LogP contribution in [0.2, 0.25) is 0 Å². The molecule has 12 rings (SSSR count). The van der Waals surface area contributed by atoms with E-state index in [-0.39, 0.29) is 45.5 Å². The molecule has 0 fully saturated rings. The molecule has 12 aromatic rings. The van der Waals surface area contributed by atoms with Crippen molar-refractivity contribution in [3.63, 3.8) is 0 Å². The van der Waals surface area contributed by atoms with Crippen LogP contribution in [0.1, 0.15) is 17.1 Å². The highest BCUT2D eigenvalue weighted by atomic mass is 79.9. The summed E-state index contributed by atoms with van der Waals surface area (Å²) in [6.45, 7) is 0. The Bertz CT molecular complexity index is 4640. The Morgan fingerprint density at radius 2 is 0.626 bits per heavy atom. The van der Waals surface area contributed by atoms with Gasteiger partial charge in [0.05, 0.1) is 45.5 Å². The third-order valence-corrected chi connectivity index (χ3v) is 16.4. The molecule has 0 unspecified atom stereocenters. The average Bonchev–Trinajstić information content (AvgIpc) is 1.71. The lowest BCUT2D eigenvalue weighted by Gasteiger charge is -2.13. The maximum atomic E-state index is 13.9. The zero-order valence-corrected chi connectivity index (χ0v) is 51.1. The van der Waals surface area contributed by atoms with Gasteiger partial charge in [0.25, 0.3) is 10.2 Å². The van der Waals surface area contributed by atoms with E-state index in [9.17, 15) is 56.3 Å². The van der Waals surface area contributed by atoms with Gasteiger partial charge in [-0.05, 0) is 154 Å². The monoisotopic (exact) mass is 1410 g/mol. The van der Waals surface area contributed by atoms with E-state index in [1.54, 1.807) is 60.7 Å². The zero-order chi connectivity index (χ0) is 64.6. The van der Waals surface area contributed by atoms with Crippen LogP contribution in [0.4, 0.5) is 56.6 Å². The van der Waals surface area contributed by atoms with Gasteiger partial charge in [-0.2, -0.15) is 71.6 Å². The van der Waals surface area contributed by atoms with Gasteiger partial charge >= 0.3 is 28.7 Å². The van der Waals surface area contributed by atoms with Gasteiger partial charge < -0.3 is 0 Å². The molecule has 5 N–H and O–H groups in total. The van der Waals surface area contributed by atoms with Crippen LogP contribution in [0.15, 0.2) is 239 Å². The van der Waals surface area contributed by atoms with E-state index in [0.29, 0.717) is 22.4 Å². The van der Waals surface area contributed by atoms with E-state index in [2.05, 4.69) is 61.3 Å². The fourth-order valence-electron chi connectivity index (χ4n) is 9.58. The SMILES string of the molecule is NS(=O)(=O)Nc1ccc(-n2nc(C(F)(F)F)cc2-c2ccc3ccccc3c2)cc1.O=S(=O)(Nc1ccc(-n2nc(C(F)(F)F)cc2-c2ccc(-c3ccc(Br)cc3)cc2)cc1)Nc1ccc(-n2nc(C(F)(F)F)cc2-c2ccc(-c3ccc(Br)cc3)cc2)cc1. The summed E-state index contributed by atoms with van der Waals surface area (Å²) >= 11 is 6.80. The van der Waals surface area contributed by atoms with Gasteiger partial charge in [-0.25, -0.2) is 19.2 Å². The third kappa shape index (κ3) is 15.0. The number of hydrogen-bond donors (Lipinski definition) is 4. The molecule has 0 radical (unpaired) electrons. The highest BCUT2D eigenvalue weighted by molar-refractivity contribution is 9.10. The first-order chi connectivity index (χ1) is 43.1. The standard InChI is InChI=1S/C44H28Br2F6N6O2S.C20H15F3N4O2S/c45-33-13-9-29(10-14-33)27-1-5-31(6-2-27)39-25-41(43(47,48)49)53-57(39)37-21-17-35(18-22-37)55-61(59,60)56-36-19-23-38(24-20-36)58-40(26-42(54-58)44(50,51)52)32-7-3-28(4-8-32)30-11-15-34(46)16-12-30;21-20(22,23)19-12-18(15-6-5-13-3-1-2-4-14(13)11-15)27(25-19)17-9-7-16(8-10-17)26-30(24,28)29/h1-26,55-56H;1-12,26H,(H2,24,28,29). The molecule has 3 aromatic heterocycles. The molecule has 0 saturated heterocycles. The number of nitrogens with zero attached hydrogens (tertiary/aromatic N) is 6. The molecular weight excluding hydrogens is 1370 g/mol. The van der Waals surface area contributed by atoms with Crippen molar-refractivity contribution in [1.82, 2.24) is 29.3 Å². The van der Waals surface area contributed by atoms with E-state index >= 15 is 0 Å². The molecule has 462 valence electrons. The number of benzene rings is 9. The van der Waals surface area contributed by atoms with Crippen molar-refractivity contribution in [3.05, 3.63) is 257 Å². The topological polar surface area (TPSA) is 184 Å². The highest BCUT2D eigenvalue weighted by Crippen LogP contribution is 2.39. The number of alkyl halides is 9. The van der Waals surface area contributed by atoms with Crippen molar-refractivity contribution in [1.29, 1.82) is 0 Å². The molecule has 9 aromatic carbocycles. The smallest absolute Gasteiger partial charge is 0.271 e. The summed E-state index contributed by atoms with van der Waals surface area (Å²) in [6.07, 6.45) is -14.1. The molecule has 0 amide bonds. The predicted octanol–water partition coefficient (Wildman–Crippen LogP) is 17.4. The first-order valence-corrected chi connectivity index (χ1v) is 31.4. The van der Waals surface area contributed by atoms with Crippen LogP contribution in [0.5, 0.6) is 0 Å². The molecule has 91 heavy (non-hydrogen) atoms. The van der Waals surface area contributed by atoms with Gasteiger partial charge in [-0.3, -0.25) is 14.2 Å². The molecule has 0 aliphatic rings. The summed E-state index contributed by atoms with van der Waals surface area (Å²) in [5.74, 6) is 0. The van der Waals surface area contributed by atoms with Crippen molar-refractivity contribution < 1.29 is 56.3 Å². The quantitative estimate of drug-likeness (QED) is 0.0781. The number of nitrogens with one attached hydrogen (secondary N) is 3. The number of halogens is 11. The lowest BCUT2D eigenvalue weighted by Crippen LogP contribution is -2.21. The molecule has 3 heterocycles. The Morgan fingerprint density at radius 1 is 0.341 bits per heavy atom. The van der Waals surface area contributed by atoms with Gasteiger partial charge in [-0.1, -0.05) is 141 Å². The Kier molecular flexibility index (Phi) is 17.3. The summed E-state index contributed by atoms with van der Waals surface area (Å²) in [7, 11) is -8.25. The zero-order valence-electron chi connectivity index (χ0n) is 46.3. The fraction of sp³-hybridized carbons (Fsp3) is 0.0469. The molecule has 0 saturated carbocycles. The fourth-order valence-corrected chi connectivity index (χ4v) is 11.5. The Hall–Kier alpha value is -9.54. The second-order valence-electron chi connectivity index (χ2n) is 20.2. The minimum atomic E-state index is -4.73. The minimum absolute atomic E-state index is 0.0866. The molecule has 27 heteroatoms. The van der Waals surface area contributed by atoms with Crippen LogP contribution in [-0.2, 0) is 38.9 Å².